The zero-order valence-corrected chi connectivity index (χ0v) is 12.3. The van der Waals surface area contributed by atoms with Gasteiger partial charge in [-0.3, -0.25) is 4.79 Å². The van der Waals surface area contributed by atoms with E-state index in [1.807, 2.05) is 4.90 Å². The van der Waals surface area contributed by atoms with Gasteiger partial charge in [0.15, 0.2) is 5.65 Å². The topological polar surface area (TPSA) is 72.6 Å². The maximum absolute atomic E-state index is 12.9. The number of carbonyl (C=O) groups excluding carboxylic acids is 1. The van der Waals surface area contributed by atoms with Crippen LogP contribution in [-0.4, -0.2) is 56.6 Å². The van der Waals surface area contributed by atoms with Crippen molar-refractivity contribution in [1.82, 2.24) is 24.9 Å². The van der Waals surface area contributed by atoms with Gasteiger partial charge in [0.1, 0.15) is 0 Å². The van der Waals surface area contributed by atoms with Crippen molar-refractivity contribution in [3.05, 3.63) is 23.9 Å². The molecule has 1 amide bonds. The molecule has 7 heteroatoms. The van der Waals surface area contributed by atoms with Crippen LogP contribution in [0.4, 0.5) is 0 Å². The second kappa shape index (κ2) is 5.77. The van der Waals surface area contributed by atoms with Gasteiger partial charge in [-0.2, -0.15) is 4.52 Å². The summed E-state index contributed by atoms with van der Waals surface area (Å²) in [4.78, 5) is 14.8. The maximum Gasteiger partial charge on any atom is 0.258 e. The molecule has 3 rings (SSSR count). The van der Waals surface area contributed by atoms with E-state index < -0.39 is 0 Å². The van der Waals surface area contributed by atoms with E-state index in [0.717, 1.165) is 6.42 Å². The first kappa shape index (κ1) is 13.9. The minimum atomic E-state index is -0.0237. The molecule has 0 aliphatic carbocycles. The summed E-state index contributed by atoms with van der Waals surface area (Å²) in [6, 6.07) is 3.67. The van der Waals surface area contributed by atoms with E-state index in [0.29, 0.717) is 36.9 Å². The molecule has 7 nitrogen and oxygen atoms in total. The lowest BCUT2D eigenvalue weighted by Crippen LogP contribution is -2.49. The van der Waals surface area contributed by atoms with E-state index in [9.17, 15) is 4.79 Å². The summed E-state index contributed by atoms with van der Waals surface area (Å²) in [6.45, 7) is 6.09. The van der Waals surface area contributed by atoms with Gasteiger partial charge in [0, 0.05) is 12.7 Å². The van der Waals surface area contributed by atoms with Gasteiger partial charge in [-0.15, -0.1) is 5.10 Å². The smallest absolute Gasteiger partial charge is 0.258 e. The Morgan fingerprint density at radius 2 is 2.38 bits per heavy atom. The fourth-order valence-electron chi connectivity index (χ4n) is 2.75. The summed E-state index contributed by atoms with van der Waals surface area (Å²) in [5.74, 6) is 0.488. The van der Waals surface area contributed by atoms with Crippen molar-refractivity contribution in [2.45, 2.75) is 26.3 Å². The summed E-state index contributed by atoms with van der Waals surface area (Å²) >= 11 is 0. The van der Waals surface area contributed by atoms with Gasteiger partial charge < -0.3 is 9.64 Å². The Kier molecular flexibility index (Phi) is 3.83. The molecule has 112 valence electrons. The quantitative estimate of drug-likeness (QED) is 0.843. The molecule has 1 fully saturated rings. The molecule has 0 radical (unpaired) electrons. The summed E-state index contributed by atoms with van der Waals surface area (Å²) in [5, 5.41) is 11.4. The van der Waals surface area contributed by atoms with Crippen molar-refractivity contribution in [1.29, 1.82) is 0 Å². The maximum atomic E-state index is 12.9. The predicted octanol–water partition coefficient (Wildman–Crippen LogP) is 1.01. The molecule has 1 aliphatic heterocycles. The molecule has 1 unspecified atom stereocenters. The third-order valence-corrected chi connectivity index (χ3v) is 3.69. The fourth-order valence-corrected chi connectivity index (χ4v) is 2.75. The van der Waals surface area contributed by atoms with Crippen molar-refractivity contribution < 1.29 is 9.53 Å². The highest BCUT2D eigenvalue weighted by atomic mass is 16.5. The summed E-state index contributed by atoms with van der Waals surface area (Å²) in [7, 11) is 0. The molecule has 0 N–H and O–H groups in total. The average Bonchev–Trinajstić information content (AvgIpc) is 2.95. The number of tetrazole rings is 1. The van der Waals surface area contributed by atoms with E-state index in [4.69, 9.17) is 4.74 Å². The number of hydrogen-bond donors (Lipinski definition) is 0. The first-order valence-electron chi connectivity index (χ1n) is 7.22. The molecule has 0 bridgehead atoms. The summed E-state index contributed by atoms with van der Waals surface area (Å²) in [5.41, 5.74) is 1.04. The molecule has 3 heterocycles. The Labute approximate surface area is 122 Å². The lowest BCUT2D eigenvalue weighted by Gasteiger charge is -2.36. The number of amides is 1. The van der Waals surface area contributed by atoms with E-state index >= 15 is 0 Å². The van der Waals surface area contributed by atoms with Crippen LogP contribution in [0, 0.1) is 5.92 Å². The second-order valence-electron chi connectivity index (χ2n) is 5.73. The molecule has 0 spiro atoms. The van der Waals surface area contributed by atoms with Crippen LogP contribution in [0.2, 0.25) is 0 Å². The van der Waals surface area contributed by atoms with E-state index in [1.165, 1.54) is 4.52 Å². The molecule has 2 aromatic heterocycles. The largest absolute Gasteiger partial charge is 0.377 e. The van der Waals surface area contributed by atoms with Gasteiger partial charge in [-0.05, 0) is 34.9 Å². The first-order chi connectivity index (χ1) is 10.2. The number of morpholine rings is 1. The normalized spacial score (nSPS) is 19.4. The van der Waals surface area contributed by atoms with Crippen molar-refractivity contribution in [3.8, 4) is 0 Å². The molecule has 1 atom stereocenters. The van der Waals surface area contributed by atoms with Crippen LogP contribution < -0.4 is 0 Å². The molecular weight excluding hydrogens is 270 g/mol. The van der Waals surface area contributed by atoms with Gasteiger partial charge >= 0.3 is 0 Å². The van der Waals surface area contributed by atoms with Gasteiger partial charge in [0.05, 0.1) is 24.8 Å². The molecular formula is C14H19N5O2. The Bertz CT molecular complexity index is 639. The molecule has 21 heavy (non-hydrogen) atoms. The van der Waals surface area contributed by atoms with Crippen LogP contribution in [0.15, 0.2) is 18.3 Å². The predicted molar refractivity (Wildman–Crippen MR) is 75.9 cm³/mol. The van der Waals surface area contributed by atoms with Crippen molar-refractivity contribution in [2.24, 2.45) is 5.92 Å². The number of hydrogen-bond acceptors (Lipinski definition) is 5. The zero-order chi connectivity index (χ0) is 14.8. The SMILES string of the molecule is CC(C)CC1COCCN1C(=O)c1cccn2nnnc12. The van der Waals surface area contributed by atoms with Crippen LogP contribution >= 0.6 is 0 Å². The highest BCUT2D eigenvalue weighted by molar-refractivity contribution is 5.99. The third kappa shape index (κ3) is 2.73. The number of aromatic nitrogens is 4. The van der Waals surface area contributed by atoms with Crippen molar-refractivity contribution >= 4 is 11.6 Å². The molecule has 2 aromatic rings. The highest BCUT2D eigenvalue weighted by Gasteiger charge is 2.30. The monoisotopic (exact) mass is 289 g/mol. The zero-order valence-electron chi connectivity index (χ0n) is 12.3. The molecule has 1 saturated heterocycles. The Morgan fingerprint density at radius 3 is 3.19 bits per heavy atom. The molecule has 0 aromatic carbocycles. The summed E-state index contributed by atoms with van der Waals surface area (Å²) in [6.07, 6.45) is 2.66. The number of fused-ring (bicyclic) bond motifs is 1. The van der Waals surface area contributed by atoms with E-state index in [1.54, 1.807) is 18.3 Å². The second-order valence-corrected chi connectivity index (χ2v) is 5.73. The first-order valence-corrected chi connectivity index (χ1v) is 7.22. The van der Waals surface area contributed by atoms with Crippen LogP contribution in [0.25, 0.3) is 5.65 Å². The van der Waals surface area contributed by atoms with Crippen molar-refractivity contribution in [3.63, 3.8) is 0 Å². The van der Waals surface area contributed by atoms with Gasteiger partial charge in [0.25, 0.3) is 5.91 Å². The number of rotatable bonds is 3. The van der Waals surface area contributed by atoms with Crippen LogP contribution in [0.3, 0.4) is 0 Å². The van der Waals surface area contributed by atoms with Crippen molar-refractivity contribution in [2.75, 3.05) is 19.8 Å². The molecule has 0 saturated carbocycles. The number of carbonyl (C=O) groups is 1. The Morgan fingerprint density at radius 1 is 1.52 bits per heavy atom. The number of nitrogens with zero attached hydrogens (tertiary/aromatic N) is 5. The van der Waals surface area contributed by atoms with Crippen LogP contribution in [0.1, 0.15) is 30.6 Å². The number of pyridine rings is 1. The lowest BCUT2D eigenvalue weighted by molar-refractivity contribution is -0.00739. The van der Waals surface area contributed by atoms with Crippen LogP contribution in [0.5, 0.6) is 0 Å². The minimum absolute atomic E-state index is 0.0237. The highest BCUT2D eigenvalue weighted by Crippen LogP contribution is 2.19. The third-order valence-electron chi connectivity index (χ3n) is 3.69. The fraction of sp³-hybridized carbons (Fsp3) is 0.571. The number of ether oxygens (including phenoxy) is 1. The van der Waals surface area contributed by atoms with E-state index in [2.05, 4.69) is 29.4 Å². The standard InChI is InChI=1S/C14H19N5O2/c1-10(2)8-11-9-21-7-6-18(11)14(20)12-4-3-5-19-13(12)15-16-17-19/h3-5,10-11H,6-9H2,1-2H3. The Hall–Kier alpha value is -2.02. The van der Waals surface area contributed by atoms with Crippen LogP contribution in [-0.2, 0) is 4.74 Å². The van der Waals surface area contributed by atoms with Gasteiger partial charge in [0.2, 0.25) is 0 Å². The lowest BCUT2D eigenvalue weighted by atomic mass is 10.0. The molecule has 1 aliphatic rings. The summed E-state index contributed by atoms with van der Waals surface area (Å²) < 4.78 is 7.05. The van der Waals surface area contributed by atoms with Gasteiger partial charge in [-0.25, -0.2) is 0 Å². The minimum Gasteiger partial charge on any atom is -0.377 e. The van der Waals surface area contributed by atoms with E-state index in [-0.39, 0.29) is 11.9 Å². The average molecular weight is 289 g/mol. The Balaban J connectivity index is 1.90. The van der Waals surface area contributed by atoms with Gasteiger partial charge in [-0.1, -0.05) is 13.8 Å².